The number of rotatable bonds is 2. The first-order valence-corrected chi connectivity index (χ1v) is 5.39. The molecule has 1 fully saturated rings. The van der Waals surface area contributed by atoms with E-state index in [2.05, 4.69) is 0 Å². The molecule has 1 unspecified atom stereocenters. The smallest absolute Gasteiger partial charge is 0.337 e. The highest BCUT2D eigenvalue weighted by Gasteiger charge is 2.27. The molecule has 86 valence electrons. The lowest BCUT2D eigenvalue weighted by Crippen LogP contribution is -2.29. The van der Waals surface area contributed by atoms with Crippen molar-refractivity contribution in [1.29, 1.82) is 0 Å². The average molecular weight is 223 g/mol. The molecule has 1 aromatic rings. The van der Waals surface area contributed by atoms with Crippen LogP contribution in [0.4, 0.5) is 10.1 Å². The fraction of sp³-hybridized carbons (Fsp3) is 0.417. The molecule has 1 heterocycles. The first-order chi connectivity index (χ1) is 7.61. The van der Waals surface area contributed by atoms with Crippen LogP contribution in [0.3, 0.4) is 0 Å². The number of benzene rings is 1. The van der Waals surface area contributed by atoms with Crippen molar-refractivity contribution >= 4 is 11.7 Å². The van der Waals surface area contributed by atoms with Crippen molar-refractivity contribution in [2.75, 3.05) is 11.4 Å². The Balaban J connectivity index is 2.49. The molecule has 0 aromatic heterocycles. The van der Waals surface area contributed by atoms with Crippen LogP contribution in [0.2, 0.25) is 0 Å². The second kappa shape index (κ2) is 4.12. The highest BCUT2D eigenvalue weighted by Crippen LogP contribution is 2.31. The Bertz CT molecular complexity index is 419. The lowest BCUT2D eigenvalue weighted by molar-refractivity contribution is 0.0697. The van der Waals surface area contributed by atoms with E-state index in [9.17, 15) is 9.18 Å². The number of hydrogen-bond donors (Lipinski definition) is 1. The largest absolute Gasteiger partial charge is 0.478 e. The zero-order valence-electron chi connectivity index (χ0n) is 9.11. The number of para-hydroxylation sites is 1. The zero-order valence-corrected chi connectivity index (χ0v) is 9.11. The number of carboxylic acid groups (broad SMARTS) is 1. The Hall–Kier alpha value is -1.58. The molecule has 3 nitrogen and oxygen atoms in total. The highest BCUT2D eigenvalue weighted by molar-refractivity contribution is 5.94. The van der Waals surface area contributed by atoms with Crippen molar-refractivity contribution in [1.82, 2.24) is 0 Å². The van der Waals surface area contributed by atoms with Gasteiger partial charge in [-0.1, -0.05) is 6.07 Å². The summed E-state index contributed by atoms with van der Waals surface area (Å²) in [6.45, 7) is 2.72. The third kappa shape index (κ3) is 1.75. The zero-order chi connectivity index (χ0) is 11.7. The van der Waals surface area contributed by atoms with Gasteiger partial charge < -0.3 is 10.0 Å². The molecular formula is C12H14FNO2. The SMILES string of the molecule is CC1CCCN1c1c(F)cccc1C(=O)O. The molecule has 0 radical (unpaired) electrons. The quantitative estimate of drug-likeness (QED) is 0.837. The van der Waals surface area contributed by atoms with Crippen molar-refractivity contribution in [3.8, 4) is 0 Å². The summed E-state index contributed by atoms with van der Waals surface area (Å²) in [5, 5.41) is 9.04. The van der Waals surface area contributed by atoms with Crippen LogP contribution < -0.4 is 4.90 Å². The molecule has 1 atom stereocenters. The minimum absolute atomic E-state index is 0.0498. The van der Waals surface area contributed by atoms with E-state index in [1.807, 2.05) is 11.8 Å². The Morgan fingerprint density at radius 2 is 2.31 bits per heavy atom. The van der Waals surface area contributed by atoms with Gasteiger partial charge in [0.05, 0.1) is 11.3 Å². The van der Waals surface area contributed by atoms with Gasteiger partial charge in [-0.25, -0.2) is 9.18 Å². The van der Waals surface area contributed by atoms with E-state index < -0.39 is 11.8 Å². The molecule has 1 N–H and O–H groups in total. The summed E-state index contributed by atoms with van der Waals surface area (Å²) in [5.74, 6) is -1.53. The van der Waals surface area contributed by atoms with Gasteiger partial charge in [0, 0.05) is 12.6 Å². The number of aromatic carboxylic acids is 1. The van der Waals surface area contributed by atoms with Gasteiger partial charge in [0.25, 0.3) is 0 Å². The first kappa shape index (κ1) is 10.9. The van der Waals surface area contributed by atoms with Gasteiger partial charge >= 0.3 is 5.97 Å². The van der Waals surface area contributed by atoms with E-state index in [1.54, 1.807) is 0 Å². The van der Waals surface area contributed by atoms with Gasteiger partial charge in [0.15, 0.2) is 0 Å². The number of hydrogen-bond acceptors (Lipinski definition) is 2. The van der Waals surface area contributed by atoms with Crippen LogP contribution in [0.1, 0.15) is 30.1 Å². The molecule has 16 heavy (non-hydrogen) atoms. The molecule has 0 spiro atoms. The summed E-state index contributed by atoms with van der Waals surface area (Å²) >= 11 is 0. The number of nitrogens with zero attached hydrogens (tertiary/aromatic N) is 1. The topological polar surface area (TPSA) is 40.5 Å². The summed E-state index contributed by atoms with van der Waals surface area (Å²) in [5.41, 5.74) is 0.286. The van der Waals surface area contributed by atoms with Crippen LogP contribution in [-0.4, -0.2) is 23.7 Å². The van der Waals surface area contributed by atoms with Crippen molar-refractivity contribution in [2.45, 2.75) is 25.8 Å². The maximum atomic E-state index is 13.7. The van der Waals surface area contributed by atoms with Gasteiger partial charge in [-0.05, 0) is 31.9 Å². The van der Waals surface area contributed by atoms with Crippen LogP contribution in [0.5, 0.6) is 0 Å². The fourth-order valence-corrected chi connectivity index (χ4v) is 2.25. The number of carboxylic acids is 1. The van der Waals surface area contributed by atoms with Crippen LogP contribution in [-0.2, 0) is 0 Å². The molecular weight excluding hydrogens is 209 g/mol. The molecule has 2 rings (SSSR count). The van der Waals surface area contributed by atoms with Crippen molar-refractivity contribution in [3.63, 3.8) is 0 Å². The molecule has 0 aliphatic carbocycles. The summed E-state index contributed by atoms with van der Waals surface area (Å²) in [4.78, 5) is 12.9. The normalized spacial score (nSPS) is 20.1. The molecule has 0 bridgehead atoms. The molecule has 0 amide bonds. The molecule has 1 saturated heterocycles. The van der Waals surface area contributed by atoms with Crippen LogP contribution in [0, 0.1) is 5.82 Å². The van der Waals surface area contributed by atoms with E-state index in [0.29, 0.717) is 0 Å². The predicted octanol–water partition coefficient (Wildman–Crippen LogP) is 2.51. The predicted molar refractivity (Wildman–Crippen MR) is 59.4 cm³/mol. The second-order valence-electron chi connectivity index (χ2n) is 4.13. The number of anilines is 1. The Morgan fingerprint density at radius 1 is 1.56 bits per heavy atom. The van der Waals surface area contributed by atoms with E-state index in [-0.39, 0.29) is 17.3 Å². The molecule has 1 aliphatic heterocycles. The van der Waals surface area contributed by atoms with Crippen molar-refractivity contribution in [3.05, 3.63) is 29.6 Å². The summed E-state index contributed by atoms with van der Waals surface area (Å²) in [6, 6.07) is 4.40. The molecule has 1 aromatic carbocycles. The monoisotopic (exact) mass is 223 g/mol. The Morgan fingerprint density at radius 3 is 2.88 bits per heavy atom. The molecule has 1 aliphatic rings. The van der Waals surface area contributed by atoms with Crippen LogP contribution in [0.15, 0.2) is 18.2 Å². The van der Waals surface area contributed by atoms with E-state index >= 15 is 0 Å². The molecule has 4 heteroatoms. The van der Waals surface area contributed by atoms with Gasteiger partial charge in [-0.15, -0.1) is 0 Å². The maximum Gasteiger partial charge on any atom is 0.337 e. The van der Waals surface area contributed by atoms with Gasteiger partial charge in [0.2, 0.25) is 0 Å². The number of carbonyl (C=O) groups is 1. The van der Waals surface area contributed by atoms with Crippen LogP contribution >= 0.6 is 0 Å². The Labute approximate surface area is 93.5 Å². The van der Waals surface area contributed by atoms with E-state index in [0.717, 1.165) is 19.4 Å². The van der Waals surface area contributed by atoms with E-state index in [1.165, 1.54) is 18.2 Å². The third-order valence-corrected chi connectivity index (χ3v) is 3.06. The maximum absolute atomic E-state index is 13.7. The average Bonchev–Trinajstić information content (AvgIpc) is 2.64. The van der Waals surface area contributed by atoms with E-state index in [4.69, 9.17) is 5.11 Å². The van der Waals surface area contributed by atoms with Gasteiger partial charge in [-0.2, -0.15) is 0 Å². The summed E-state index contributed by atoms with van der Waals surface area (Å²) in [6.07, 6.45) is 1.96. The summed E-state index contributed by atoms with van der Waals surface area (Å²) < 4.78 is 13.7. The lowest BCUT2D eigenvalue weighted by atomic mass is 10.1. The van der Waals surface area contributed by atoms with Gasteiger partial charge in [-0.3, -0.25) is 0 Å². The number of halogens is 1. The lowest BCUT2D eigenvalue weighted by Gasteiger charge is -2.25. The van der Waals surface area contributed by atoms with Crippen molar-refractivity contribution < 1.29 is 14.3 Å². The fourth-order valence-electron chi connectivity index (χ4n) is 2.25. The Kier molecular flexibility index (Phi) is 2.81. The van der Waals surface area contributed by atoms with Crippen LogP contribution in [0.25, 0.3) is 0 Å². The minimum Gasteiger partial charge on any atom is -0.478 e. The van der Waals surface area contributed by atoms with Crippen molar-refractivity contribution in [2.24, 2.45) is 0 Å². The first-order valence-electron chi connectivity index (χ1n) is 5.39. The highest BCUT2D eigenvalue weighted by atomic mass is 19.1. The molecule has 0 saturated carbocycles. The standard InChI is InChI=1S/C12H14FNO2/c1-8-4-3-7-14(8)11-9(12(15)16)5-2-6-10(11)13/h2,5-6,8H,3-4,7H2,1H3,(H,15,16). The third-order valence-electron chi connectivity index (χ3n) is 3.06. The van der Waals surface area contributed by atoms with Gasteiger partial charge in [0.1, 0.15) is 5.82 Å². The summed E-state index contributed by atoms with van der Waals surface area (Å²) in [7, 11) is 0. The second-order valence-corrected chi connectivity index (χ2v) is 4.13. The minimum atomic E-state index is -1.08.